The van der Waals surface area contributed by atoms with Crippen molar-refractivity contribution in [3.8, 4) is 5.75 Å². The van der Waals surface area contributed by atoms with E-state index in [-0.39, 0.29) is 0 Å². The highest BCUT2D eigenvalue weighted by Crippen LogP contribution is 2.45. The molecule has 2 aliphatic heterocycles. The summed E-state index contributed by atoms with van der Waals surface area (Å²) in [6.07, 6.45) is 3.95. The van der Waals surface area contributed by atoms with Crippen LogP contribution in [0, 0.1) is 13.8 Å². The molecule has 104 valence electrons. The molecule has 1 aromatic rings. The van der Waals surface area contributed by atoms with Crippen LogP contribution in [0.5, 0.6) is 5.75 Å². The van der Waals surface area contributed by atoms with E-state index in [1.807, 2.05) is 6.07 Å². The van der Waals surface area contributed by atoms with Crippen molar-refractivity contribution in [1.82, 2.24) is 5.32 Å². The topological polar surface area (TPSA) is 41.5 Å². The van der Waals surface area contributed by atoms with Gasteiger partial charge in [0.1, 0.15) is 5.75 Å². The van der Waals surface area contributed by atoms with Gasteiger partial charge in [-0.25, -0.2) is 0 Å². The lowest BCUT2D eigenvalue weighted by Crippen LogP contribution is -2.47. The van der Waals surface area contributed by atoms with Crippen LogP contribution < -0.4 is 10.1 Å². The Morgan fingerprint density at radius 2 is 1.84 bits per heavy atom. The molecular formula is C16H23NO2. The largest absolute Gasteiger partial charge is 0.496 e. The molecule has 2 atom stereocenters. The fraction of sp³-hybridized carbons (Fsp3) is 0.625. The Morgan fingerprint density at radius 3 is 2.42 bits per heavy atom. The van der Waals surface area contributed by atoms with Gasteiger partial charge in [0.05, 0.1) is 12.7 Å². The van der Waals surface area contributed by atoms with Gasteiger partial charge in [-0.1, -0.05) is 6.07 Å². The number of methoxy groups -OCH3 is 1. The van der Waals surface area contributed by atoms with E-state index in [0.717, 1.165) is 29.7 Å². The Labute approximate surface area is 115 Å². The number of ether oxygens (including phenoxy) is 1. The van der Waals surface area contributed by atoms with Crippen LogP contribution in [-0.2, 0) is 5.60 Å². The van der Waals surface area contributed by atoms with Crippen molar-refractivity contribution in [2.45, 2.75) is 57.2 Å². The van der Waals surface area contributed by atoms with E-state index >= 15 is 0 Å². The molecule has 0 spiro atoms. The third-order valence-electron chi connectivity index (χ3n) is 4.63. The number of fused-ring (bicyclic) bond motifs is 2. The maximum atomic E-state index is 11.2. The van der Waals surface area contributed by atoms with Gasteiger partial charge in [0.15, 0.2) is 0 Å². The molecular weight excluding hydrogens is 238 g/mol. The molecule has 2 unspecified atom stereocenters. The molecule has 0 aliphatic carbocycles. The van der Waals surface area contributed by atoms with E-state index in [1.54, 1.807) is 7.11 Å². The second kappa shape index (κ2) is 4.50. The van der Waals surface area contributed by atoms with E-state index in [1.165, 1.54) is 18.4 Å². The first kappa shape index (κ1) is 12.9. The molecule has 2 aliphatic rings. The van der Waals surface area contributed by atoms with Crippen molar-refractivity contribution < 1.29 is 9.84 Å². The Morgan fingerprint density at radius 1 is 1.21 bits per heavy atom. The van der Waals surface area contributed by atoms with E-state index in [2.05, 4.69) is 25.2 Å². The Kier molecular flexibility index (Phi) is 3.06. The zero-order valence-electron chi connectivity index (χ0n) is 12.0. The Bertz CT molecular complexity index is 486. The minimum atomic E-state index is -0.736. The number of hydrogen-bond acceptors (Lipinski definition) is 3. The summed E-state index contributed by atoms with van der Waals surface area (Å²) in [6, 6.07) is 5.08. The molecule has 2 heterocycles. The van der Waals surface area contributed by atoms with Crippen molar-refractivity contribution in [2.75, 3.05) is 7.11 Å². The van der Waals surface area contributed by atoms with E-state index < -0.39 is 5.60 Å². The van der Waals surface area contributed by atoms with Crippen LogP contribution in [0.3, 0.4) is 0 Å². The third-order valence-corrected chi connectivity index (χ3v) is 4.63. The lowest BCUT2D eigenvalue weighted by molar-refractivity contribution is -0.0137. The van der Waals surface area contributed by atoms with Crippen LogP contribution in [0.15, 0.2) is 12.1 Å². The molecule has 0 saturated carbocycles. The van der Waals surface area contributed by atoms with Gasteiger partial charge in [-0.05, 0) is 56.7 Å². The zero-order valence-corrected chi connectivity index (χ0v) is 12.0. The minimum absolute atomic E-state index is 0.453. The fourth-order valence-electron chi connectivity index (χ4n) is 4.01. The van der Waals surface area contributed by atoms with E-state index in [0.29, 0.717) is 12.1 Å². The first-order chi connectivity index (χ1) is 9.01. The Hall–Kier alpha value is -1.06. The number of aryl methyl sites for hydroxylation is 2. The van der Waals surface area contributed by atoms with Gasteiger partial charge < -0.3 is 15.2 Å². The van der Waals surface area contributed by atoms with Crippen LogP contribution in [0.1, 0.15) is 42.4 Å². The summed E-state index contributed by atoms with van der Waals surface area (Å²) in [7, 11) is 1.69. The lowest BCUT2D eigenvalue weighted by Gasteiger charge is -2.39. The quantitative estimate of drug-likeness (QED) is 0.859. The first-order valence-electron chi connectivity index (χ1n) is 7.16. The van der Waals surface area contributed by atoms with Crippen molar-refractivity contribution in [3.63, 3.8) is 0 Å². The fourth-order valence-corrected chi connectivity index (χ4v) is 4.01. The molecule has 3 nitrogen and oxygen atoms in total. The van der Waals surface area contributed by atoms with E-state index in [9.17, 15) is 5.11 Å². The molecule has 0 radical (unpaired) electrons. The smallest absolute Gasteiger partial charge is 0.125 e. The maximum Gasteiger partial charge on any atom is 0.125 e. The summed E-state index contributed by atoms with van der Waals surface area (Å²) in [5, 5.41) is 14.8. The van der Waals surface area contributed by atoms with Gasteiger partial charge in [-0.2, -0.15) is 0 Å². The number of hydrogen-bond donors (Lipinski definition) is 2. The van der Waals surface area contributed by atoms with Crippen LogP contribution in [0.4, 0.5) is 0 Å². The number of piperidine rings is 1. The average molecular weight is 261 g/mol. The SMILES string of the molecule is COc1cc(C)cc(C)c1C1(O)CC2CCC(C1)N2. The standard InChI is InChI=1S/C16H23NO2/c1-10-6-11(2)15(14(7-10)19-3)16(18)8-12-4-5-13(9-16)17-12/h6-7,12-13,17-18H,4-5,8-9H2,1-3H3. The zero-order chi connectivity index (χ0) is 13.6. The second-order valence-corrected chi connectivity index (χ2v) is 6.24. The molecule has 3 rings (SSSR count). The number of aliphatic hydroxyl groups is 1. The van der Waals surface area contributed by atoms with Gasteiger partial charge >= 0.3 is 0 Å². The van der Waals surface area contributed by atoms with Crippen molar-refractivity contribution in [1.29, 1.82) is 0 Å². The number of nitrogens with one attached hydrogen (secondary N) is 1. The third kappa shape index (κ3) is 2.15. The first-order valence-corrected chi connectivity index (χ1v) is 7.16. The summed E-state index contributed by atoms with van der Waals surface area (Å²) in [4.78, 5) is 0. The molecule has 2 saturated heterocycles. The van der Waals surface area contributed by atoms with Crippen LogP contribution in [0.2, 0.25) is 0 Å². The molecule has 2 N–H and O–H groups in total. The van der Waals surface area contributed by atoms with Gasteiger partial charge in [0, 0.05) is 17.6 Å². The monoisotopic (exact) mass is 261 g/mol. The van der Waals surface area contributed by atoms with Gasteiger partial charge in [-0.3, -0.25) is 0 Å². The number of rotatable bonds is 2. The van der Waals surface area contributed by atoms with Gasteiger partial charge in [0.25, 0.3) is 0 Å². The molecule has 3 heteroatoms. The van der Waals surface area contributed by atoms with Crippen LogP contribution in [0.25, 0.3) is 0 Å². The van der Waals surface area contributed by atoms with Gasteiger partial charge in [-0.15, -0.1) is 0 Å². The molecule has 19 heavy (non-hydrogen) atoms. The molecule has 2 fully saturated rings. The van der Waals surface area contributed by atoms with E-state index in [4.69, 9.17) is 4.74 Å². The lowest BCUT2D eigenvalue weighted by atomic mass is 9.79. The Balaban J connectivity index is 2.06. The summed E-state index contributed by atoms with van der Waals surface area (Å²) in [6.45, 7) is 4.14. The highest BCUT2D eigenvalue weighted by molar-refractivity contribution is 5.47. The summed E-state index contributed by atoms with van der Waals surface area (Å²) in [5.74, 6) is 0.835. The van der Waals surface area contributed by atoms with Crippen LogP contribution >= 0.6 is 0 Å². The highest BCUT2D eigenvalue weighted by atomic mass is 16.5. The van der Waals surface area contributed by atoms with Crippen molar-refractivity contribution >= 4 is 0 Å². The molecule has 1 aromatic carbocycles. The molecule has 2 bridgehead atoms. The average Bonchev–Trinajstić information content (AvgIpc) is 2.67. The summed E-state index contributed by atoms with van der Waals surface area (Å²) < 4.78 is 5.54. The minimum Gasteiger partial charge on any atom is -0.496 e. The second-order valence-electron chi connectivity index (χ2n) is 6.24. The molecule has 0 aromatic heterocycles. The predicted molar refractivity (Wildman–Crippen MR) is 75.5 cm³/mol. The normalized spacial score (nSPS) is 33.5. The van der Waals surface area contributed by atoms with Crippen LogP contribution in [-0.4, -0.2) is 24.3 Å². The highest BCUT2D eigenvalue weighted by Gasteiger charge is 2.45. The van der Waals surface area contributed by atoms with Gasteiger partial charge in [0.2, 0.25) is 0 Å². The summed E-state index contributed by atoms with van der Waals surface area (Å²) in [5.41, 5.74) is 2.58. The van der Waals surface area contributed by atoms with Crippen molar-refractivity contribution in [2.24, 2.45) is 0 Å². The number of benzene rings is 1. The van der Waals surface area contributed by atoms with Crippen molar-refractivity contribution in [3.05, 3.63) is 28.8 Å². The molecule has 0 amide bonds. The maximum absolute atomic E-state index is 11.2. The predicted octanol–water partition coefficient (Wildman–Crippen LogP) is 2.41. The summed E-state index contributed by atoms with van der Waals surface area (Å²) >= 11 is 0.